The van der Waals surface area contributed by atoms with Crippen LogP contribution in [0.1, 0.15) is 10.4 Å². The summed E-state index contributed by atoms with van der Waals surface area (Å²) in [6.45, 7) is 0. The predicted molar refractivity (Wildman–Crippen MR) is 47.2 cm³/mol. The van der Waals surface area contributed by atoms with Gasteiger partial charge in [0.1, 0.15) is 5.52 Å². The maximum Gasteiger partial charge on any atom is 0.205 e. The molecule has 4 heteroatoms. The van der Waals surface area contributed by atoms with Crippen LogP contribution in [-0.4, -0.2) is 11.1 Å². The van der Waals surface area contributed by atoms with E-state index in [1.807, 2.05) is 6.07 Å². The van der Waals surface area contributed by atoms with Crippen LogP contribution in [0.15, 0.2) is 30.5 Å². The molecule has 0 unspecified atom stereocenters. The van der Waals surface area contributed by atoms with Gasteiger partial charge in [0.15, 0.2) is 7.05 Å². The number of aromatic carboxylic acids is 1. The zero-order valence-corrected chi connectivity index (χ0v) is 7.60. The van der Waals surface area contributed by atoms with Crippen LogP contribution >= 0.6 is 0 Å². The molecular weight excluding hydrogens is 180 g/mol. The Morgan fingerprint density at radius 1 is 1.43 bits per heavy atom. The fourth-order valence-electron chi connectivity index (χ4n) is 1.41. The van der Waals surface area contributed by atoms with Gasteiger partial charge in [-0.3, -0.25) is 0 Å². The molecule has 14 heavy (non-hydrogen) atoms. The Morgan fingerprint density at radius 2 is 2.14 bits per heavy atom. The van der Waals surface area contributed by atoms with Crippen LogP contribution in [0.3, 0.4) is 0 Å². The van der Waals surface area contributed by atoms with Gasteiger partial charge in [0.05, 0.1) is 11.5 Å². The van der Waals surface area contributed by atoms with Crippen molar-refractivity contribution in [3.63, 3.8) is 0 Å². The molecule has 1 aromatic heterocycles. The van der Waals surface area contributed by atoms with Crippen molar-refractivity contribution in [2.75, 3.05) is 0 Å². The highest BCUT2D eigenvalue weighted by atomic mass is 16.4. The number of benzene rings is 1. The van der Waals surface area contributed by atoms with Gasteiger partial charge in [-0.05, 0) is 11.2 Å². The van der Waals surface area contributed by atoms with Crippen LogP contribution in [0.25, 0.3) is 10.9 Å². The SMILES string of the molecule is C[n+]1cc(C(=O)[O-])c2ccccc2n1. The van der Waals surface area contributed by atoms with Crippen molar-refractivity contribution >= 4 is 16.9 Å². The Morgan fingerprint density at radius 3 is 2.86 bits per heavy atom. The highest BCUT2D eigenvalue weighted by molar-refractivity contribution is 6.00. The lowest BCUT2D eigenvalue weighted by Crippen LogP contribution is -2.36. The van der Waals surface area contributed by atoms with Crippen molar-refractivity contribution in [2.24, 2.45) is 7.05 Å². The fraction of sp³-hybridized carbons (Fsp3) is 0.100. The van der Waals surface area contributed by atoms with Crippen molar-refractivity contribution in [2.45, 2.75) is 0 Å². The molecule has 1 aromatic carbocycles. The van der Waals surface area contributed by atoms with Crippen molar-refractivity contribution in [1.29, 1.82) is 0 Å². The Labute approximate surface area is 80.4 Å². The van der Waals surface area contributed by atoms with E-state index in [1.165, 1.54) is 10.9 Å². The second-order valence-corrected chi connectivity index (χ2v) is 3.02. The molecule has 0 spiro atoms. The van der Waals surface area contributed by atoms with E-state index in [9.17, 15) is 9.90 Å². The molecule has 0 N–H and O–H groups in total. The Hall–Kier alpha value is -1.97. The van der Waals surface area contributed by atoms with E-state index >= 15 is 0 Å². The smallest absolute Gasteiger partial charge is 0.205 e. The number of carboxylic acid groups (broad SMARTS) is 1. The quantitative estimate of drug-likeness (QED) is 0.563. The molecule has 0 atom stereocenters. The minimum atomic E-state index is -1.18. The van der Waals surface area contributed by atoms with Gasteiger partial charge in [0.25, 0.3) is 0 Å². The van der Waals surface area contributed by atoms with Crippen LogP contribution in [-0.2, 0) is 7.05 Å². The van der Waals surface area contributed by atoms with Gasteiger partial charge in [-0.25, -0.2) is 0 Å². The molecule has 0 aliphatic rings. The van der Waals surface area contributed by atoms with Crippen molar-refractivity contribution < 1.29 is 14.6 Å². The number of aryl methyl sites for hydroxylation is 1. The second-order valence-electron chi connectivity index (χ2n) is 3.02. The molecule has 2 rings (SSSR count). The monoisotopic (exact) mass is 188 g/mol. The first-order chi connectivity index (χ1) is 6.68. The number of carbonyl (C=O) groups excluding carboxylic acids is 1. The molecule has 0 amide bonds. The molecule has 0 aliphatic heterocycles. The number of hydrogen-bond acceptors (Lipinski definition) is 3. The largest absolute Gasteiger partial charge is 0.545 e. The molecule has 70 valence electrons. The Balaban J connectivity index is 2.87. The first-order valence-corrected chi connectivity index (χ1v) is 4.15. The maximum absolute atomic E-state index is 10.8. The zero-order chi connectivity index (χ0) is 10.1. The van der Waals surface area contributed by atoms with E-state index in [1.54, 1.807) is 25.2 Å². The van der Waals surface area contributed by atoms with Crippen molar-refractivity contribution in [3.05, 3.63) is 36.0 Å². The van der Waals surface area contributed by atoms with Crippen molar-refractivity contribution in [1.82, 2.24) is 5.10 Å². The first kappa shape index (κ1) is 8.62. The maximum atomic E-state index is 10.8. The van der Waals surface area contributed by atoms with Gasteiger partial charge >= 0.3 is 0 Å². The molecule has 0 saturated heterocycles. The molecule has 0 aliphatic carbocycles. The number of rotatable bonds is 1. The number of nitrogens with zero attached hydrogens (tertiary/aromatic N) is 2. The molecule has 2 aromatic rings. The zero-order valence-electron chi connectivity index (χ0n) is 7.60. The highest BCUT2D eigenvalue weighted by Gasteiger charge is 2.08. The third kappa shape index (κ3) is 1.31. The fourth-order valence-corrected chi connectivity index (χ4v) is 1.41. The lowest BCUT2D eigenvalue weighted by molar-refractivity contribution is -0.728. The number of aromatic nitrogens is 2. The molecule has 0 radical (unpaired) electrons. The van der Waals surface area contributed by atoms with Crippen molar-refractivity contribution in [3.8, 4) is 0 Å². The summed E-state index contributed by atoms with van der Waals surface area (Å²) in [6.07, 6.45) is 1.44. The standard InChI is InChI=1S/C10H8N2O2/c1-12-6-8(10(13)14)7-4-2-3-5-9(7)11-12/h2-6H,1H3. The average molecular weight is 188 g/mol. The van der Waals surface area contributed by atoms with Crippen LogP contribution in [0.4, 0.5) is 0 Å². The van der Waals surface area contributed by atoms with Gasteiger partial charge in [-0.2, -0.15) is 0 Å². The average Bonchev–Trinajstić information content (AvgIpc) is 2.16. The van der Waals surface area contributed by atoms with E-state index < -0.39 is 5.97 Å². The van der Waals surface area contributed by atoms with Gasteiger partial charge in [-0.1, -0.05) is 22.9 Å². The second kappa shape index (κ2) is 3.06. The van der Waals surface area contributed by atoms with Gasteiger partial charge in [0.2, 0.25) is 6.20 Å². The van der Waals surface area contributed by atoms with E-state index in [0.29, 0.717) is 10.9 Å². The van der Waals surface area contributed by atoms with Crippen LogP contribution in [0.5, 0.6) is 0 Å². The predicted octanol–water partition coefficient (Wildman–Crippen LogP) is -0.577. The molecule has 0 fully saturated rings. The van der Waals surface area contributed by atoms with E-state index in [-0.39, 0.29) is 5.56 Å². The summed E-state index contributed by atoms with van der Waals surface area (Å²) in [5.41, 5.74) is 0.815. The molecular formula is C10H8N2O2. The summed E-state index contributed by atoms with van der Waals surface area (Å²) in [5.74, 6) is -1.18. The third-order valence-electron chi connectivity index (χ3n) is 2.00. The molecule has 0 bridgehead atoms. The topological polar surface area (TPSA) is 56.9 Å². The van der Waals surface area contributed by atoms with Gasteiger partial charge in [0, 0.05) is 5.39 Å². The van der Waals surface area contributed by atoms with Gasteiger partial charge < -0.3 is 9.90 Å². The lowest BCUT2D eigenvalue weighted by atomic mass is 10.1. The molecule has 4 nitrogen and oxygen atoms in total. The summed E-state index contributed by atoms with van der Waals surface area (Å²) < 4.78 is 1.47. The molecule has 0 saturated carbocycles. The summed E-state index contributed by atoms with van der Waals surface area (Å²) in [4.78, 5) is 10.8. The van der Waals surface area contributed by atoms with Crippen LogP contribution < -0.4 is 9.79 Å². The number of carbonyl (C=O) groups is 1. The molecule has 1 heterocycles. The Kier molecular flexibility index (Phi) is 1.89. The first-order valence-electron chi connectivity index (χ1n) is 4.15. The summed E-state index contributed by atoms with van der Waals surface area (Å²) in [7, 11) is 1.68. The summed E-state index contributed by atoms with van der Waals surface area (Å²) >= 11 is 0. The highest BCUT2D eigenvalue weighted by Crippen LogP contribution is 2.12. The number of fused-ring (bicyclic) bond motifs is 1. The lowest BCUT2D eigenvalue weighted by Gasteiger charge is -2.03. The minimum absolute atomic E-state index is 0.165. The summed E-state index contributed by atoms with van der Waals surface area (Å²) in [6, 6.07) is 7.07. The normalized spacial score (nSPS) is 10.4. The van der Waals surface area contributed by atoms with E-state index in [2.05, 4.69) is 5.10 Å². The van der Waals surface area contributed by atoms with Gasteiger partial charge in [-0.15, -0.1) is 0 Å². The van der Waals surface area contributed by atoms with E-state index in [4.69, 9.17) is 0 Å². The van der Waals surface area contributed by atoms with Crippen LogP contribution in [0, 0.1) is 0 Å². The third-order valence-corrected chi connectivity index (χ3v) is 2.00. The summed E-state index contributed by atoms with van der Waals surface area (Å²) in [5, 5.41) is 15.6. The number of carboxylic acids is 1. The minimum Gasteiger partial charge on any atom is -0.545 e. The van der Waals surface area contributed by atoms with Crippen LogP contribution in [0.2, 0.25) is 0 Å². The number of hydrogen-bond donors (Lipinski definition) is 0. The van der Waals surface area contributed by atoms with E-state index in [0.717, 1.165) is 0 Å². The Bertz CT molecular complexity index is 508.